The van der Waals surface area contributed by atoms with Gasteiger partial charge in [-0.05, 0) is 53.6 Å². The molecule has 0 bridgehead atoms. The number of fused-ring (bicyclic) bond motifs is 3. The summed E-state index contributed by atoms with van der Waals surface area (Å²) in [5, 5.41) is 3.70. The molecular weight excluding hydrogens is 450 g/mol. The number of hydrogen-bond acceptors (Lipinski definition) is 3. The molecule has 1 aromatic heterocycles. The lowest BCUT2D eigenvalue weighted by Crippen LogP contribution is -2.37. The van der Waals surface area contributed by atoms with Gasteiger partial charge in [0.15, 0.2) is 11.5 Å². The zero-order valence-corrected chi connectivity index (χ0v) is 19.6. The Kier molecular flexibility index (Phi) is 5.90. The van der Waals surface area contributed by atoms with Crippen molar-refractivity contribution in [2.75, 3.05) is 19.5 Å². The highest BCUT2D eigenvalue weighted by atomic mass is 35.5. The maximum atomic E-state index is 13.8. The van der Waals surface area contributed by atoms with Crippen molar-refractivity contribution in [1.29, 1.82) is 0 Å². The Labute approximate surface area is 203 Å². The summed E-state index contributed by atoms with van der Waals surface area (Å²) in [4.78, 5) is 15.6. The van der Waals surface area contributed by atoms with Crippen molar-refractivity contribution >= 4 is 23.3 Å². The van der Waals surface area contributed by atoms with E-state index in [9.17, 15) is 4.79 Å². The number of hydrogen-bond donors (Lipinski definition) is 1. The lowest BCUT2D eigenvalue weighted by atomic mass is 10.0. The molecule has 2 heterocycles. The summed E-state index contributed by atoms with van der Waals surface area (Å²) < 4.78 is 12.9. The van der Waals surface area contributed by atoms with E-state index in [1.165, 1.54) is 0 Å². The number of nitrogens with one attached hydrogen (secondary N) is 1. The number of carbonyl (C=O) groups excluding carboxylic acids is 1. The molecule has 172 valence electrons. The van der Waals surface area contributed by atoms with Crippen molar-refractivity contribution < 1.29 is 14.3 Å². The van der Waals surface area contributed by atoms with Gasteiger partial charge < -0.3 is 24.3 Å². The van der Waals surface area contributed by atoms with E-state index < -0.39 is 0 Å². The van der Waals surface area contributed by atoms with E-state index in [0.29, 0.717) is 28.8 Å². The first-order valence-electron chi connectivity index (χ1n) is 10.9. The van der Waals surface area contributed by atoms with Crippen molar-refractivity contribution in [1.82, 2.24) is 9.47 Å². The van der Waals surface area contributed by atoms with Gasteiger partial charge in [0, 0.05) is 28.7 Å². The van der Waals surface area contributed by atoms with E-state index in [1.807, 2.05) is 53.6 Å². The molecule has 0 unspecified atom stereocenters. The predicted molar refractivity (Wildman–Crippen MR) is 133 cm³/mol. The van der Waals surface area contributed by atoms with E-state index in [4.69, 9.17) is 21.1 Å². The smallest absolute Gasteiger partial charge is 0.322 e. The minimum Gasteiger partial charge on any atom is -0.493 e. The summed E-state index contributed by atoms with van der Waals surface area (Å²) in [6.07, 6.45) is 2.03. The van der Waals surface area contributed by atoms with Crippen LogP contribution >= 0.6 is 11.6 Å². The first kappa shape index (κ1) is 21.9. The molecule has 0 fully saturated rings. The maximum Gasteiger partial charge on any atom is 0.322 e. The van der Waals surface area contributed by atoms with Crippen LogP contribution in [0.4, 0.5) is 10.5 Å². The molecule has 1 aliphatic heterocycles. The highest BCUT2D eigenvalue weighted by Crippen LogP contribution is 2.37. The second-order valence-electron chi connectivity index (χ2n) is 8.01. The van der Waals surface area contributed by atoms with Crippen LogP contribution in [0.15, 0.2) is 85.1 Å². The van der Waals surface area contributed by atoms with E-state index in [0.717, 1.165) is 22.5 Å². The van der Waals surface area contributed by atoms with Crippen LogP contribution in [0.25, 0.3) is 5.69 Å². The van der Waals surface area contributed by atoms with Gasteiger partial charge in [-0.15, -0.1) is 0 Å². The molecule has 0 saturated carbocycles. The quantitative estimate of drug-likeness (QED) is 0.379. The van der Waals surface area contributed by atoms with Crippen LogP contribution in [0.5, 0.6) is 11.5 Å². The van der Waals surface area contributed by atoms with E-state index in [2.05, 4.69) is 28.1 Å². The molecule has 0 spiro atoms. The van der Waals surface area contributed by atoms with Crippen molar-refractivity contribution in [3.8, 4) is 17.2 Å². The molecule has 5 rings (SSSR count). The van der Waals surface area contributed by atoms with Gasteiger partial charge in [-0.2, -0.15) is 0 Å². The average Bonchev–Trinajstić information content (AvgIpc) is 3.29. The number of rotatable bonds is 4. The first-order valence-corrected chi connectivity index (χ1v) is 11.3. The summed E-state index contributed by atoms with van der Waals surface area (Å²) in [5.41, 5.74) is 4.70. The number of aromatic nitrogens is 1. The number of carbonyl (C=O) groups is 1. The minimum absolute atomic E-state index is 0.225. The van der Waals surface area contributed by atoms with Crippen molar-refractivity contribution in [2.24, 2.45) is 0 Å². The second-order valence-corrected chi connectivity index (χ2v) is 8.45. The Morgan fingerprint density at radius 3 is 2.47 bits per heavy atom. The molecule has 0 saturated heterocycles. The summed E-state index contributed by atoms with van der Waals surface area (Å²) in [5.74, 6) is 1.14. The molecule has 1 aliphatic rings. The Bertz CT molecular complexity index is 1330. The first-order chi connectivity index (χ1) is 16.6. The lowest BCUT2D eigenvalue weighted by Gasteiger charge is -2.31. The number of ether oxygens (including phenoxy) is 2. The number of anilines is 1. The lowest BCUT2D eigenvalue weighted by molar-refractivity contribution is 0.194. The third-order valence-electron chi connectivity index (χ3n) is 6.05. The van der Waals surface area contributed by atoms with Crippen LogP contribution in [-0.4, -0.2) is 29.7 Å². The SMILES string of the molecule is COc1ccc(NC(=O)N2Cc3ccccc3-n3cccc3[C@H]2c2ccc(Cl)cc2)cc1OC. The van der Waals surface area contributed by atoms with Gasteiger partial charge in [0.2, 0.25) is 0 Å². The van der Waals surface area contributed by atoms with Crippen molar-refractivity contribution in [3.63, 3.8) is 0 Å². The molecular formula is C27H24ClN3O3. The highest BCUT2D eigenvalue weighted by molar-refractivity contribution is 6.30. The van der Waals surface area contributed by atoms with Crippen molar-refractivity contribution in [2.45, 2.75) is 12.6 Å². The second kappa shape index (κ2) is 9.15. The number of amides is 2. The molecule has 34 heavy (non-hydrogen) atoms. The maximum absolute atomic E-state index is 13.8. The Balaban J connectivity index is 1.58. The molecule has 1 N–H and O–H groups in total. The average molecular weight is 474 g/mol. The number of halogens is 1. The third kappa shape index (κ3) is 3.97. The molecule has 1 atom stereocenters. The summed E-state index contributed by atoms with van der Waals surface area (Å²) in [6.45, 7) is 0.435. The van der Waals surface area contributed by atoms with Gasteiger partial charge in [0.1, 0.15) is 0 Å². The van der Waals surface area contributed by atoms with E-state index in [1.54, 1.807) is 32.4 Å². The molecule has 0 radical (unpaired) electrons. The van der Waals surface area contributed by atoms with Gasteiger partial charge in [-0.3, -0.25) is 0 Å². The zero-order chi connectivity index (χ0) is 23.7. The zero-order valence-electron chi connectivity index (χ0n) is 18.9. The highest BCUT2D eigenvalue weighted by Gasteiger charge is 2.33. The molecule has 0 aliphatic carbocycles. The predicted octanol–water partition coefficient (Wildman–Crippen LogP) is 6.29. The number of nitrogens with zero attached hydrogens (tertiary/aromatic N) is 2. The Morgan fingerprint density at radius 1 is 0.941 bits per heavy atom. The Morgan fingerprint density at radius 2 is 1.71 bits per heavy atom. The molecule has 7 heteroatoms. The van der Waals surface area contributed by atoms with Crippen LogP contribution in [0, 0.1) is 0 Å². The fraction of sp³-hybridized carbons (Fsp3) is 0.148. The number of para-hydroxylation sites is 1. The topological polar surface area (TPSA) is 55.7 Å². The molecule has 3 aromatic carbocycles. The normalized spacial score (nSPS) is 14.6. The number of urea groups is 1. The van der Waals surface area contributed by atoms with Crippen LogP contribution in [0.3, 0.4) is 0 Å². The van der Waals surface area contributed by atoms with E-state index >= 15 is 0 Å². The van der Waals surface area contributed by atoms with Gasteiger partial charge in [-0.1, -0.05) is 41.9 Å². The third-order valence-corrected chi connectivity index (χ3v) is 6.30. The number of methoxy groups -OCH3 is 2. The van der Waals surface area contributed by atoms with Gasteiger partial charge in [0.05, 0.1) is 32.5 Å². The monoisotopic (exact) mass is 473 g/mol. The largest absolute Gasteiger partial charge is 0.493 e. The van der Waals surface area contributed by atoms with Crippen LogP contribution in [0.1, 0.15) is 22.9 Å². The van der Waals surface area contributed by atoms with Gasteiger partial charge in [0.25, 0.3) is 0 Å². The van der Waals surface area contributed by atoms with Crippen molar-refractivity contribution in [3.05, 3.63) is 107 Å². The Hall–Kier alpha value is -3.90. The van der Waals surface area contributed by atoms with Gasteiger partial charge >= 0.3 is 6.03 Å². The van der Waals surface area contributed by atoms with E-state index in [-0.39, 0.29) is 12.1 Å². The standard InChI is InChI=1S/C27H24ClN3O3/c1-33-24-14-13-21(16-25(24)34-2)29-27(32)31-17-19-6-3-4-7-22(19)30-15-5-8-23(30)26(31)18-9-11-20(28)12-10-18/h3-16,26H,17H2,1-2H3,(H,29,32)/t26-/m1/s1. The van der Waals surface area contributed by atoms with Crippen LogP contribution < -0.4 is 14.8 Å². The fourth-order valence-electron chi connectivity index (χ4n) is 4.44. The molecule has 4 aromatic rings. The van der Waals surface area contributed by atoms with Gasteiger partial charge in [-0.25, -0.2) is 4.79 Å². The fourth-order valence-corrected chi connectivity index (χ4v) is 4.57. The summed E-state index contributed by atoms with van der Waals surface area (Å²) in [7, 11) is 3.15. The minimum atomic E-state index is -0.320. The molecule has 6 nitrogen and oxygen atoms in total. The summed E-state index contributed by atoms with van der Waals surface area (Å²) in [6, 6.07) is 24.6. The van der Waals surface area contributed by atoms with Crippen LogP contribution in [-0.2, 0) is 6.54 Å². The van der Waals surface area contributed by atoms with Crippen LogP contribution in [0.2, 0.25) is 5.02 Å². The number of benzene rings is 3. The molecule has 2 amide bonds. The summed E-state index contributed by atoms with van der Waals surface area (Å²) >= 11 is 6.17.